The van der Waals surface area contributed by atoms with Gasteiger partial charge in [0.05, 0.1) is 5.56 Å². The van der Waals surface area contributed by atoms with E-state index in [2.05, 4.69) is 0 Å². The van der Waals surface area contributed by atoms with E-state index in [1.165, 1.54) is 0 Å². The number of rotatable bonds is 3. The van der Waals surface area contributed by atoms with Crippen LogP contribution >= 0.6 is 0 Å². The number of carbonyl (C=O) groups is 1. The molecular weight excluding hydrogens is 182 g/mol. The molecule has 14 heavy (non-hydrogen) atoms. The van der Waals surface area contributed by atoms with E-state index < -0.39 is 0 Å². The first-order valence-electron chi connectivity index (χ1n) is 4.46. The van der Waals surface area contributed by atoms with Gasteiger partial charge in [-0.3, -0.25) is 4.79 Å². The molecule has 4 heteroatoms. The molecule has 0 aliphatic heterocycles. The van der Waals surface area contributed by atoms with E-state index in [0.29, 0.717) is 12.2 Å². The molecule has 1 aliphatic carbocycles. The maximum absolute atomic E-state index is 10.6. The fourth-order valence-electron chi connectivity index (χ4n) is 1.50. The van der Waals surface area contributed by atoms with Crippen LogP contribution in [0.1, 0.15) is 34.7 Å². The van der Waals surface area contributed by atoms with Crippen molar-refractivity contribution in [3.05, 3.63) is 28.2 Å². The second-order valence-electron chi connectivity index (χ2n) is 3.50. The summed E-state index contributed by atoms with van der Waals surface area (Å²) in [6.07, 6.45) is 2.73. The van der Waals surface area contributed by atoms with Crippen LogP contribution in [-0.2, 0) is 0 Å². The minimum absolute atomic E-state index is 0.0801. The zero-order chi connectivity index (χ0) is 10.1. The van der Waals surface area contributed by atoms with Gasteiger partial charge in [-0.2, -0.15) is 0 Å². The average molecular weight is 192 g/mol. The third-order valence-electron chi connectivity index (χ3n) is 2.45. The summed E-state index contributed by atoms with van der Waals surface area (Å²) >= 11 is 0. The van der Waals surface area contributed by atoms with Gasteiger partial charge in [-0.1, -0.05) is 0 Å². The van der Waals surface area contributed by atoms with E-state index in [1.807, 2.05) is 0 Å². The van der Waals surface area contributed by atoms with Gasteiger partial charge in [0.25, 0.3) is 5.69 Å². The summed E-state index contributed by atoms with van der Waals surface area (Å²) in [6.45, 7) is 0. The molecule has 0 atom stereocenters. The van der Waals surface area contributed by atoms with Gasteiger partial charge in [-0.15, -0.1) is 0 Å². The molecule has 0 saturated heterocycles. The number of hydrogen-bond donors (Lipinski definition) is 2. The van der Waals surface area contributed by atoms with Crippen molar-refractivity contribution in [2.45, 2.75) is 18.8 Å². The van der Waals surface area contributed by atoms with Crippen molar-refractivity contribution >= 4 is 12.0 Å². The second kappa shape index (κ2) is 3.21. The van der Waals surface area contributed by atoms with Crippen LogP contribution < -0.4 is 5.18 Å². The Kier molecular flexibility index (Phi) is 2.04. The first-order chi connectivity index (χ1) is 6.76. The summed E-state index contributed by atoms with van der Waals surface area (Å²) in [4.78, 5) is 21.1. The molecule has 72 valence electrons. The molecule has 2 N–H and O–H groups in total. The maximum atomic E-state index is 10.6. The fraction of sp³-hybridized carbons (Fsp3) is 0.300. The van der Waals surface area contributed by atoms with Crippen LogP contribution in [0, 0.1) is 4.91 Å². The summed E-state index contributed by atoms with van der Waals surface area (Å²) in [6, 6.07) is 3.24. The molecule has 0 amide bonds. The van der Waals surface area contributed by atoms with Crippen molar-refractivity contribution < 1.29 is 15.1 Å². The van der Waals surface area contributed by atoms with Crippen LogP contribution in [0.5, 0.6) is 5.75 Å². The normalized spacial score (nSPS) is 15.1. The molecular formula is C10H10NO3+. The van der Waals surface area contributed by atoms with Crippen molar-refractivity contribution in [1.82, 2.24) is 0 Å². The highest BCUT2D eigenvalue weighted by Crippen LogP contribution is 2.42. The molecule has 0 spiro atoms. The number of benzene rings is 1. The van der Waals surface area contributed by atoms with E-state index in [-0.39, 0.29) is 17.0 Å². The molecule has 0 heterocycles. The van der Waals surface area contributed by atoms with E-state index >= 15 is 0 Å². The summed E-state index contributed by atoms with van der Waals surface area (Å²) < 4.78 is 0. The first kappa shape index (κ1) is 8.87. The van der Waals surface area contributed by atoms with Gasteiger partial charge in [-0.05, 0) is 30.4 Å². The van der Waals surface area contributed by atoms with Crippen LogP contribution in [0.15, 0.2) is 12.1 Å². The van der Waals surface area contributed by atoms with Crippen molar-refractivity contribution in [3.63, 3.8) is 0 Å². The highest BCUT2D eigenvalue weighted by atomic mass is 16.3. The van der Waals surface area contributed by atoms with Crippen LogP contribution in [0.2, 0.25) is 0 Å². The predicted octanol–water partition coefficient (Wildman–Crippen LogP) is 0.561. The van der Waals surface area contributed by atoms with E-state index in [1.54, 1.807) is 17.3 Å². The Bertz CT molecular complexity index is 367. The summed E-state index contributed by atoms with van der Waals surface area (Å²) in [5, 5.41) is 11.1. The number of aldehydes is 1. The number of aromatic hydroxyl groups is 1. The second-order valence-corrected chi connectivity index (χ2v) is 3.50. The smallest absolute Gasteiger partial charge is 0.295 e. The van der Waals surface area contributed by atoms with Crippen LogP contribution in [0.4, 0.5) is 5.69 Å². The molecule has 1 aliphatic rings. The van der Waals surface area contributed by atoms with Gasteiger partial charge >= 0.3 is 0 Å². The molecule has 0 aromatic heterocycles. The Morgan fingerprint density at radius 1 is 1.43 bits per heavy atom. The van der Waals surface area contributed by atoms with Gasteiger partial charge in [-0.25, -0.2) is 0 Å². The largest absolute Gasteiger partial charge is 0.502 e. The number of hydrogen-bond acceptors (Lipinski definition) is 3. The van der Waals surface area contributed by atoms with Crippen LogP contribution in [0.25, 0.3) is 0 Å². The standard InChI is InChI=1S/C10H9NO3/c12-5-8-3-7(6-1-2-6)4-9(11-14)10(8)13/h3-6,13H,1-2H2/p+1. The number of phenols is 1. The molecule has 0 radical (unpaired) electrons. The minimum atomic E-state index is -0.264. The lowest BCUT2D eigenvalue weighted by Gasteiger charge is -2.00. The molecule has 1 fully saturated rings. The minimum Gasteiger partial charge on any atom is -0.502 e. The molecule has 0 bridgehead atoms. The Morgan fingerprint density at radius 3 is 2.64 bits per heavy atom. The Hall–Kier alpha value is -1.71. The summed E-state index contributed by atoms with van der Waals surface area (Å²) in [7, 11) is 0. The molecule has 2 rings (SSSR count). The summed E-state index contributed by atoms with van der Waals surface area (Å²) in [5.74, 6) is 0.181. The Balaban J connectivity index is 2.54. The van der Waals surface area contributed by atoms with Crippen LogP contribution in [0.3, 0.4) is 0 Å². The third kappa shape index (κ3) is 1.39. The number of carbonyl (C=O) groups excluding carboxylic acids is 1. The van der Waals surface area contributed by atoms with Crippen LogP contribution in [-0.4, -0.2) is 11.4 Å². The highest BCUT2D eigenvalue weighted by Gasteiger charge is 2.27. The SMILES string of the molecule is O=Cc1cc(C2CC2)cc([NH+]=O)c1O. The van der Waals surface area contributed by atoms with Gasteiger partial charge in [0.15, 0.2) is 6.29 Å². The maximum Gasteiger partial charge on any atom is 0.295 e. The lowest BCUT2D eigenvalue weighted by atomic mass is 10.1. The lowest BCUT2D eigenvalue weighted by Crippen LogP contribution is -2.55. The first-order valence-corrected chi connectivity index (χ1v) is 4.46. The zero-order valence-electron chi connectivity index (χ0n) is 7.49. The molecule has 0 unspecified atom stereocenters. The van der Waals surface area contributed by atoms with Crippen molar-refractivity contribution in [1.29, 1.82) is 0 Å². The predicted molar refractivity (Wildman–Crippen MR) is 49.5 cm³/mol. The average Bonchev–Trinajstić information content (AvgIpc) is 3.02. The van der Waals surface area contributed by atoms with Crippen molar-refractivity contribution in [3.8, 4) is 5.75 Å². The van der Waals surface area contributed by atoms with E-state index in [0.717, 1.165) is 18.4 Å². The molecule has 1 aromatic carbocycles. The molecule has 1 saturated carbocycles. The van der Waals surface area contributed by atoms with Crippen molar-refractivity contribution in [2.24, 2.45) is 0 Å². The van der Waals surface area contributed by atoms with Gasteiger partial charge < -0.3 is 5.11 Å². The number of nitroso groups, excluding NO2 is 1. The quantitative estimate of drug-likeness (QED) is 0.543. The topological polar surface area (TPSA) is 68.3 Å². The number of nitrogens with one attached hydrogen (secondary N) is 1. The molecule has 4 nitrogen and oxygen atoms in total. The Labute approximate surface area is 80.5 Å². The van der Waals surface area contributed by atoms with E-state index in [9.17, 15) is 14.8 Å². The fourth-order valence-corrected chi connectivity index (χ4v) is 1.50. The van der Waals surface area contributed by atoms with Crippen molar-refractivity contribution in [2.75, 3.05) is 0 Å². The van der Waals surface area contributed by atoms with Gasteiger partial charge in [0.2, 0.25) is 5.75 Å². The number of phenolic OH excluding ortho intramolecular Hbond substituents is 1. The molecule has 1 aromatic rings. The van der Waals surface area contributed by atoms with Gasteiger partial charge in [0.1, 0.15) is 0 Å². The Morgan fingerprint density at radius 2 is 2.14 bits per heavy atom. The summed E-state index contributed by atoms with van der Waals surface area (Å²) in [5.41, 5.74) is 1.20. The lowest BCUT2D eigenvalue weighted by molar-refractivity contribution is -0.380. The highest BCUT2D eigenvalue weighted by molar-refractivity contribution is 5.82. The van der Waals surface area contributed by atoms with E-state index in [4.69, 9.17) is 0 Å². The zero-order valence-corrected chi connectivity index (χ0v) is 7.49. The third-order valence-corrected chi connectivity index (χ3v) is 2.45. The van der Waals surface area contributed by atoms with Gasteiger partial charge in [0, 0.05) is 16.2 Å². The monoisotopic (exact) mass is 192 g/mol.